The van der Waals surface area contributed by atoms with E-state index < -0.39 is 11.5 Å². The summed E-state index contributed by atoms with van der Waals surface area (Å²) in [5, 5.41) is 8.91. The summed E-state index contributed by atoms with van der Waals surface area (Å²) in [6.07, 6.45) is 1.82. The SMILES string of the molecule is NC1(CC(=O)O)CCCN(Cc2ccccc2)C1. The molecule has 0 aromatic heterocycles. The number of likely N-dealkylation sites (tertiary alicyclic amines) is 1. The number of aliphatic carboxylic acids is 1. The first kappa shape index (κ1) is 13.1. The number of hydrogen-bond acceptors (Lipinski definition) is 3. The average Bonchev–Trinajstić information content (AvgIpc) is 2.28. The molecule has 1 atom stereocenters. The maximum absolute atomic E-state index is 10.8. The average molecular weight is 248 g/mol. The number of nitrogens with two attached hydrogens (primary N) is 1. The van der Waals surface area contributed by atoms with Crippen LogP contribution in [-0.4, -0.2) is 34.6 Å². The Hall–Kier alpha value is -1.39. The fourth-order valence-electron chi connectivity index (χ4n) is 2.68. The summed E-state index contributed by atoms with van der Waals surface area (Å²) in [7, 11) is 0. The highest BCUT2D eigenvalue weighted by molar-refractivity contribution is 5.68. The normalized spacial score (nSPS) is 24.9. The van der Waals surface area contributed by atoms with Gasteiger partial charge in [-0.05, 0) is 24.9 Å². The molecule has 1 aromatic carbocycles. The first-order valence-corrected chi connectivity index (χ1v) is 6.34. The maximum Gasteiger partial charge on any atom is 0.305 e. The van der Waals surface area contributed by atoms with Crippen LogP contribution in [0.3, 0.4) is 0 Å². The van der Waals surface area contributed by atoms with Gasteiger partial charge in [-0.25, -0.2) is 0 Å². The predicted octanol–water partition coefficient (Wildman–Crippen LogP) is 1.45. The highest BCUT2D eigenvalue weighted by Gasteiger charge is 2.33. The zero-order valence-corrected chi connectivity index (χ0v) is 10.5. The van der Waals surface area contributed by atoms with Crippen LogP contribution in [0.2, 0.25) is 0 Å². The first-order chi connectivity index (χ1) is 8.57. The van der Waals surface area contributed by atoms with Gasteiger partial charge in [-0.3, -0.25) is 9.69 Å². The fraction of sp³-hybridized carbons (Fsp3) is 0.500. The molecule has 4 nitrogen and oxygen atoms in total. The molecular weight excluding hydrogens is 228 g/mol. The Balaban J connectivity index is 1.96. The standard InChI is InChI=1S/C14H20N2O2/c15-14(9-13(17)18)7-4-8-16(11-14)10-12-5-2-1-3-6-12/h1-3,5-6H,4,7-11,15H2,(H,17,18). The van der Waals surface area contributed by atoms with Crippen LogP contribution in [0.15, 0.2) is 30.3 Å². The molecule has 0 spiro atoms. The van der Waals surface area contributed by atoms with Crippen molar-refractivity contribution in [3.05, 3.63) is 35.9 Å². The van der Waals surface area contributed by atoms with Crippen LogP contribution in [0.4, 0.5) is 0 Å². The van der Waals surface area contributed by atoms with Crippen molar-refractivity contribution in [3.63, 3.8) is 0 Å². The Morgan fingerprint density at radius 2 is 2.11 bits per heavy atom. The lowest BCUT2D eigenvalue weighted by Crippen LogP contribution is -2.54. The summed E-state index contributed by atoms with van der Waals surface area (Å²) >= 11 is 0. The van der Waals surface area contributed by atoms with Gasteiger partial charge in [-0.1, -0.05) is 30.3 Å². The molecule has 2 rings (SSSR count). The lowest BCUT2D eigenvalue weighted by molar-refractivity contribution is -0.139. The van der Waals surface area contributed by atoms with Crippen LogP contribution < -0.4 is 5.73 Å². The Morgan fingerprint density at radius 1 is 1.39 bits per heavy atom. The number of carboxylic acid groups (broad SMARTS) is 1. The summed E-state index contributed by atoms with van der Waals surface area (Å²) in [5.41, 5.74) is 6.86. The molecule has 3 N–H and O–H groups in total. The van der Waals surface area contributed by atoms with Crippen molar-refractivity contribution in [3.8, 4) is 0 Å². The highest BCUT2D eigenvalue weighted by atomic mass is 16.4. The van der Waals surface area contributed by atoms with Crippen LogP contribution in [0.1, 0.15) is 24.8 Å². The van der Waals surface area contributed by atoms with Crippen LogP contribution in [0.5, 0.6) is 0 Å². The van der Waals surface area contributed by atoms with E-state index in [1.807, 2.05) is 18.2 Å². The third kappa shape index (κ3) is 3.55. The molecule has 0 amide bonds. The van der Waals surface area contributed by atoms with E-state index >= 15 is 0 Å². The summed E-state index contributed by atoms with van der Waals surface area (Å²) in [5.74, 6) is -0.806. The minimum absolute atomic E-state index is 0.0539. The lowest BCUT2D eigenvalue weighted by atomic mass is 9.87. The molecule has 0 aliphatic carbocycles. The monoisotopic (exact) mass is 248 g/mol. The third-order valence-corrected chi connectivity index (χ3v) is 3.44. The van der Waals surface area contributed by atoms with Crippen LogP contribution in [0, 0.1) is 0 Å². The Kier molecular flexibility index (Phi) is 3.99. The van der Waals surface area contributed by atoms with E-state index in [-0.39, 0.29) is 6.42 Å². The lowest BCUT2D eigenvalue weighted by Gasteiger charge is -2.39. The second kappa shape index (κ2) is 5.50. The van der Waals surface area contributed by atoms with Gasteiger partial charge in [-0.2, -0.15) is 0 Å². The summed E-state index contributed by atoms with van der Waals surface area (Å²) in [4.78, 5) is 13.1. The number of piperidine rings is 1. The van der Waals surface area contributed by atoms with E-state index in [1.54, 1.807) is 0 Å². The van der Waals surface area contributed by atoms with Crippen LogP contribution >= 0.6 is 0 Å². The number of rotatable bonds is 4. The molecule has 0 saturated carbocycles. The second-order valence-corrected chi connectivity index (χ2v) is 5.23. The van der Waals surface area contributed by atoms with E-state index in [4.69, 9.17) is 10.8 Å². The Bertz CT molecular complexity index is 408. The van der Waals surface area contributed by atoms with Crippen molar-refractivity contribution in [1.82, 2.24) is 4.90 Å². The molecule has 1 aliphatic rings. The number of hydrogen-bond donors (Lipinski definition) is 2. The smallest absolute Gasteiger partial charge is 0.305 e. The number of carboxylic acids is 1. The first-order valence-electron chi connectivity index (χ1n) is 6.34. The summed E-state index contributed by atoms with van der Waals surface area (Å²) in [6, 6.07) is 10.2. The quantitative estimate of drug-likeness (QED) is 0.846. The summed E-state index contributed by atoms with van der Waals surface area (Å²) < 4.78 is 0. The van der Waals surface area contributed by atoms with Crippen molar-refractivity contribution < 1.29 is 9.90 Å². The van der Waals surface area contributed by atoms with E-state index in [0.717, 1.165) is 25.9 Å². The van der Waals surface area contributed by atoms with E-state index in [1.165, 1.54) is 5.56 Å². The van der Waals surface area contributed by atoms with Gasteiger partial charge in [0.25, 0.3) is 0 Å². The third-order valence-electron chi connectivity index (χ3n) is 3.44. The second-order valence-electron chi connectivity index (χ2n) is 5.23. The molecule has 1 aromatic rings. The van der Waals surface area contributed by atoms with E-state index in [9.17, 15) is 4.79 Å². The Morgan fingerprint density at radius 3 is 2.78 bits per heavy atom. The predicted molar refractivity (Wildman–Crippen MR) is 70.1 cm³/mol. The molecule has 1 aliphatic heterocycles. The van der Waals surface area contributed by atoms with Gasteiger partial charge in [-0.15, -0.1) is 0 Å². The van der Waals surface area contributed by atoms with Crippen molar-refractivity contribution in [1.29, 1.82) is 0 Å². The van der Waals surface area contributed by atoms with E-state index in [0.29, 0.717) is 6.54 Å². The van der Waals surface area contributed by atoms with Crippen LogP contribution in [0.25, 0.3) is 0 Å². The molecule has 98 valence electrons. The van der Waals surface area contributed by atoms with Gasteiger partial charge in [0.1, 0.15) is 0 Å². The summed E-state index contributed by atoms with van der Waals surface area (Å²) in [6.45, 7) is 2.50. The minimum Gasteiger partial charge on any atom is -0.481 e. The zero-order chi connectivity index (χ0) is 13.0. The van der Waals surface area contributed by atoms with E-state index in [2.05, 4.69) is 17.0 Å². The topological polar surface area (TPSA) is 66.6 Å². The van der Waals surface area contributed by atoms with Gasteiger partial charge in [0.05, 0.1) is 6.42 Å². The number of benzene rings is 1. The van der Waals surface area contributed by atoms with Gasteiger partial charge in [0.15, 0.2) is 0 Å². The molecule has 1 unspecified atom stereocenters. The molecule has 18 heavy (non-hydrogen) atoms. The number of carbonyl (C=O) groups is 1. The highest BCUT2D eigenvalue weighted by Crippen LogP contribution is 2.23. The zero-order valence-electron chi connectivity index (χ0n) is 10.5. The van der Waals surface area contributed by atoms with Crippen LogP contribution in [-0.2, 0) is 11.3 Å². The molecule has 4 heteroatoms. The number of nitrogens with zero attached hydrogens (tertiary/aromatic N) is 1. The molecule has 0 radical (unpaired) electrons. The van der Waals surface area contributed by atoms with Gasteiger partial charge in [0.2, 0.25) is 0 Å². The van der Waals surface area contributed by atoms with Gasteiger partial charge in [0, 0.05) is 18.6 Å². The van der Waals surface area contributed by atoms with Gasteiger partial charge >= 0.3 is 5.97 Å². The molecule has 1 fully saturated rings. The fourth-order valence-corrected chi connectivity index (χ4v) is 2.68. The molecule has 1 saturated heterocycles. The minimum atomic E-state index is -0.806. The molecule has 1 heterocycles. The van der Waals surface area contributed by atoms with Gasteiger partial charge < -0.3 is 10.8 Å². The Labute approximate surface area is 107 Å². The van der Waals surface area contributed by atoms with Crippen molar-refractivity contribution in [2.75, 3.05) is 13.1 Å². The molecular formula is C14H20N2O2. The molecule has 0 bridgehead atoms. The largest absolute Gasteiger partial charge is 0.481 e. The van der Waals surface area contributed by atoms with Crippen molar-refractivity contribution >= 4 is 5.97 Å². The maximum atomic E-state index is 10.8. The van der Waals surface area contributed by atoms with Crippen molar-refractivity contribution in [2.24, 2.45) is 5.73 Å². The van der Waals surface area contributed by atoms with Crippen molar-refractivity contribution in [2.45, 2.75) is 31.3 Å².